The lowest BCUT2D eigenvalue weighted by atomic mass is 9.84. The molecule has 1 fully saturated rings. The summed E-state index contributed by atoms with van der Waals surface area (Å²) in [5.74, 6) is -1.57. The van der Waals surface area contributed by atoms with Crippen molar-refractivity contribution in [1.29, 1.82) is 0 Å². The molecule has 2 heterocycles. The maximum atomic E-state index is 15.0. The predicted octanol–water partition coefficient (Wildman–Crippen LogP) is 5.74. The van der Waals surface area contributed by atoms with Crippen molar-refractivity contribution in [2.75, 3.05) is 6.61 Å². The zero-order valence-corrected chi connectivity index (χ0v) is 20.2. The van der Waals surface area contributed by atoms with E-state index in [0.717, 1.165) is 5.56 Å². The van der Waals surface area contributed by atoms with Gasteiger partial charge in [0.2, 0.25) is 0 Å². The molecule has 1 saturated heterocycles. The van der Waals surface area contributed by atoms with Crippen LogP contribution in [0.4, 0.5) is 4.39 Å². The first-order valence-corrected chi connectivity index (χ1v) is 11.5. The molecule has 1 N–H and O–H groups in total. The monoisotopic (exact) mass is 477 g/mol. The van der Waals surface area contributed by atoms with Crippen molar-refractivity contribution >= 4 is 17.4 Å². The van der Waals surface area contributed by atoms with Crippen molar-refractivity contribution in [2.45, 2.75) is 45.7 Å². The number of rotatable bonds is 6. The molecular weight excluding hydrogens is 449 g/mol. The summed E-state index contributed by atoms with van der Waals surface area (Å²) < 4.78 is 26.1. The summed E-state index contributed by atoms with van der Waals surface area (Å²) in [7, 11) is 0. The van der Waals surface area contributed by atoms with Crippen LogP contribution in [0.3, 0.4) is 0 Å². The van der Waals surface area contributed by atoms with Crippen molar-refractivity contribution in [2.24, 2.45) is 0 Å². The molecule has 4 rings (SSSR count). The summed E-state index contributed by atoms with van der Waals surface area (Å²) in [6, 6.07) is 13.2. The second kappa shape index (κ2) is 9.41. The van der Waals surface area contributed by atoms with E-state index in [1.54, 1.807) is 36.4 Å². The van der Waals surface area contributed by atoms with E-state index in [9.17, 15) is 19.1 Å². The number of carbonyl (C=O) groups excluding carboxylic acids is 2. The van der Waals surface area contributed by atoms with E-state index in [0.29, 0.717) is 23.7 Å². The lowest BCUT2D eigenvalue weighted by molar-refractivity contribution is -0.140. The van der Waals surface area contributed by atoms with Gasteiger partial charge < -0.3 is 19.2 Å². The lowest BCUT2D eigenvalue weighted by Gasteiger charge is -2.25. The van der Waals surface area contributed by atoms with Crippen LogP contribution < -0.4 is 4.74 Å². The summed E-state index contributed by atoms with van der Waals surface area (Å²) in [6.07, 6.45) is 1.46. The number of hydrogen-bond acceptors (Lipinski definition) is 5. The van der Waals surface area contributed by atoms with Crippen LogP contribution in [0.2, 0.25) is 0 Å². The molecular formula is C28H28FNO5. The smallest absolute Gasteiger partial charge is 0.296 e. The molecule has 2 aromatic carbocycles. The Kier molecular flexibility index (Phi) is 6.52. The van der Waals surface area contributed by atoms with Gasteiger partial charge in [-0.3, -0.25) is 9.59 Å². The Morgan fingerprint density at radius 1 is 1.11 bits per heavy atom. The number of ketones is 1. The Balaban J connectivity index is 1.90. The van der Waals surface area contributed by atoms with Gasteiger partial charge in [-0.05, 0) is 48.7 Å². The first-order valence-electron chi connectivity index (χ1n) is 11.5. The Hall–Kier alpha value is -3.87. The van der Waals surface area contributed by atoms with Crippen molar-refractivity contribution in [3.8, 4) is 5.75 Å². The second-order valence-corrected chi connectivity index (χ2v) is 9.42. The first-order chi connectivity index (χ1) is 16.6. The molecule has 182 valence electrons. The number of ether oxygens (including phenoxy) is 1. The van der Waals surface area contributed by atoms with Crippen LogP contribution in [0.25, 0.3) is 5.76 Å². The third-order valence-corrected chi connectivity index (χ3v) is 6.01. The molecule has 1 unspecified atom stereocenters. The number of benzene rings is 2. The molecule has 1 atom stereocenters. The predicted molar refractivity (Wildman–Crippen MR) is 129 cm³/mol. The number of nitrogens with zero attached hydrogens (tertiary/aromatic N) is 1. The van der Waals surface area contributed by atoms with Gasteiger partial charge in [0.25, 0.3) is 11.7 Å². The van der Waals surface area contributed by atoms with Crippen molar-refractivity contribution < 1.29 is 28.2 Å². The fourth-order valence-electron chi connectivity index (χ4n) is 4.33. The SMILES string of the molecule is CCOc1ccc(/C(O)=C2\C(=O)C(=O)N(Cc3ccco3)C2c2ccccc2F)cc1C(C)(C)C. The van der Waals surface area contributed by atoms with Gasteiger partial charge in [0.1, 0.15) is 23.1 Å². The van der Waals surface area contributed by atoms with Crippen LogP contribution in [-0.4, -0.2) is 28.3 Å². The number of aliphatic hydroxyl groups excluding tert-OH is 1. The molecule has 6 nitrogen and oxygen atoms in total. The van der Waals surface area contributed by atoms with Crippen LogP contribution in [0.5, 0.6) is 5.75 Å². The maximum Gasteiger partial charge on any atom is 0.296 e. The van der Waals surface area contributed by atoms with Crippen molar-refractivity contribution in [1.82, 2.24) is 4.90 Å². The number of carbonyl (C=O) groups is 2. The molecule has 1 amide bonds. The number of hydrogen-bond donors (Lipinski definition) is 1. The van der Waals surface area contributed by atoms with Crippen LogP contribution in [0, 0.1) is 5.82 Å². The minimum atomic E-state index is -1.12. The summed E-state index contributed by atoms with van der Waals surface area (Å²) in [6.45, 7) is 8.33. The third-order valence-electron chi connectivity index (χ3n) is 6.01. The van der Waals surface area contributed by atoms with E-state index in [4.69, 9.17) is 9.15 Å². The fourth-order valence-corrected chi connectivity index (χ4v) is 4.33. The molecule has 7 heteroatoms. The van der Waals surface area contributed by atoms with Crippen molar-refractivity contribution in [3.05, 3.63) is 94.7 Å². The Morgan fingerprint density at radius 3 is 2.49 bits per heavy atom. The standard InChI is InChI=1S/C28H28FNO5/c1-5-34-22-13-12-17(15-20(22)28(2,3)4)25(31)23-24(19-10-6-7-11-21(19)29)30(27(33)26(23)32)16-18-9-8-14-35-18/h6-15,24,31H,5,16H2,1-4H3/b25-23+. The number of Topliss-reactive ketones (excluding diaryl/α,β-unsaturated/α-hetero) is 1. The van der Waals surface area contributed by atoms with Gasteiger partial charge in [0.05, 0.1) is 31.0 Å². The summed E-state index contributed by atoms with van der Waals surface area (Å²) in [4.78, 5) is 27.5. The number of amides is 1. The van der Waals surface area contributed by atoms with Crippen LogP contribution in [0.15, 0.2) is 70.9 Å². The molecule has 1 aliphatic heterocycles. The topological polar surface area (TPSA) is 80.0 Å². The molecule has 0 radical (unpaired) electrons. The third kappa shape index (κ3) is 4.58. The minimum absolute atomic E-state index is 0.0517. The number of furan rings is 1. The van der Waals surface area contributed by atoms with E-state index in [2.05, 4.69) is 0 Å². The Morgan fingerprint density at radius 2 is 1.86 bits per heavy atom. The van der Waals surface area contributed by atoms with Gasteiger partial charge in [0, 0.05) is 16.7 Å². The van der Waals surface area contributed by atoms with Crippen molar-refractivity contribution in [3.63, 3.8) is 0 Å². The van der Waals surface area contributed by atoms with Crippen LogP contribution in [-0.2, 0) is 21.5 Å². The minimum Gasteiger partial charge on any atom is -0.507 e. The lowest BCUT2D eigenvalue weighted by Crippen LogP contribution is -2.29. The molecule has 1 aliphatic rings. The average Bonchev–Trinajstić information content (AvgIpc) is 3.41. The fraction of sp³-hybridized carbons (Fsp3) is 0.286. The van der Waals surface area contributed by atoms with E-state index in [1.165, 1.54) is 29.4 Å². The second-order valence-electron chi connectivity index (χ2n) is 9.42. The normalized spacial score (nSPS) is 17.7. The van der Waals surface area contributed by atoms with Crippen LogP contribution >= 0.6 is 0 Å². The molecule has 3 aromatic rings. The Bertz CT molecular complexity index is 1290. The molecule has 35 heavy (non-hydrogen) atoms. The summed E-state index contributed by atoms with van der Waals surface area (Å²) in [5.41, 5.74) is 0.792. The Labute approximate surface area is 203 Å². The first kappa shape index (κ1) is 24.3. The van der Waals surface area contributed by atoms with Gasteiger partial charge in [-0.1, -0.05) is 39.0 Å². The van der Waals surface area contributed by atoms with Gasteiger partial charge in [0.15, 0.2) is 0 Å². The summed E-state index contributed by atoms with van der Waals surface area (Å²) in [5, 5.41) is 11.4. The zero-order chi connectivity index (χ0) is 25.3. The summed E-state index contributed by atoms with van der Waals surface area (Å²) >= 11 is 0. The zero-order valence-electron chi connectivity index (χ0n) is 20.2. The van der Waals surface area contributed by atoms with E-state index < -0.39 is 23.5 Å². The molecule has 1 aromatic heterocycles. The molecule has 0 bridgehead atoms. The van der Waals surface area contributed by atoms with Gasteiger partial charge in [-0.15, -0.1) is 0 Å². The highest BCUT2D eigenvalue weighted by molar-refractivity contribution is 6.46. The highest BCUT2D eigenvalue weighted by Crippen LogP contribution is 2.42. The van der Waals surface area contributed by atoms with Crippen LogP contribution in [0.1, 0.15) is 56.2 Å². The quantitative estimate of drug-likeness (QED) is 0.278. The number of likely N-dealkylation sites (tertiary alicyclic amines) is 1. The van der Waals surface area contributed by atoms with E-state index in [-0.39, 0.29) is 28.9 Å². The molecule has 0 saturated carbocycles. The number of halogens is 1. The van der Waals surface area contributed by atoms with E-state index in [1.807, 2.05) is 27.7 Å². The largest absolute Gasteiger partial charge is 0.507 e. The van der Waals surface area contributed by atoms with Gasteiger partial charge in [-0.25, -0.2) is 4.39 Å². The van der Waals surface area contributed by atoms with Gasteiger partial charge in [-0.2, -0.15) is 0 Å². The average molecular weight is 478 g/mol. The highest BCUT2D eigenvalue weighted by atomic mass is 19.1. The molecule has 0 aliphatic carbocycles. The highest BCUT2D eigenvalue weighted by Gasteiger charge is 2.47. The maximum absolute atomic E-state index is 15.0. The number of aliphatic hydroxyl groups is 1. The van der Waals surface area contributed by atoms with Gasteiger partial charge >= 0.3 is 0 Å². The molecule has 0 spiro atoms. The van der Waals surface area contributed by atoms with E-state index >= 15 is 0 Å².